The maximum absolute atomic E-state index is 12.2. The average Bonchev–Trinajstić information content (AvgIpc) is 3.26. The quantitative estimate of drug-likeness (QED) is 0.546. The Morgan fingerprint density at radius 2 is 1.92 bits per heavy atom. The van der Waals surface area contributed by atoms with Gasteiger partial charge in [-0.2, -0.15) is 0 Å². The Kier molecular flexibility index (Phi) is 4.50. The van der Waals surface area contributed by atoms with E-state index in [1.807, 2.05) is 60.8 Å². The maximum atomic E-state index is 12.2. The highest BCUT2D eigenvalue weighted by Gasteiger charge is 2.07. The van der Waals surface area contributed by atoms with Gasteiger partial charge in [0.2, 0.25) is 5.91 Å². The Morgan fingerprint density at radius 1 is 1.12 bits per heavy atom. The number of carbonyl (C=O) groups excluding carboxylic acids is 1. The first kappa shape index (κ1) is 16.5. The molecule has 0 atom stereocenters. The molecule has 2 heterocycles. The van der Waals surface area contributed by atoms with E-state index in [-0.39, 0.29) is 5.91 Å². The predicted octanol–water partition coefficient (Wildman–Crippen LogP) is 4.57. The number of benzene rings is 2. The summed E-state index contributed by atoms with van der Waals surface area (Å²) in [6, 6.07) is 15.6. The molecule has 2 aromatic carbocycles. The molecule has 4 aromatic rings. The van der Waals surface area contributed by atoms with E-state index in [4.69, 9.17) is 0 Å². The topological polar surface area (TPSA) is 70.7 Å². The van der Waals surface area contributed by atoms with Crippen LogP contribution in [0.1, 0.15) is 17.3 Å². The van der Waals surface area contributed by atoms with Gasteiger partial charge < -0.3 is 10.3 Å². The van der Waals surface area contributed by atoms with Gasteiger partial charge in [-0.1, -0.05) is 24.3 Å². The molecule has 1 amide bonds. The van der Waals surface area contributed by atoms with Crippen molar-refractivity contribution in [2.24, 2.45) is 0 Å². The van der Waals surface area contributed by atoms with Crippen molar-refractivity contribution < 1.29 is 4.79 Å². The van der Waals surface area contributed by atoms with Gasteiger partial charge in [0.15, 0.2) is 0 Å². The van der Waals surface area contributed by atoms with E-state index < -0.39 is 0 Å². The number of para-hydroxylation sites is 2. The molecule has 26 heavy (non-hydrogen) atoms. The average molecular weight is 362 g/mol. The first-order valence-corrected chi connectivity index (χ1v) is 9.31. The van der Waals surface area contributed by atoms with Crippen LogP contribution in [-0.2, 0) is 11.2 Å². The van der Waals surface area contributed by atoms with Gasteiger partial charge in [0, 0.05) is 29.5 Å². The van der Waals surface area contributed by atoms with Gasteiger partial charge in [0.1, 0.15) is 5.82 Å². The number of nitrogens with zero attached hydrogens (tertiary/aromatic N) is 2. The Balaban J connectivity index is 1.35. The lowest BCUT2D eigenvalue weighted by atomic mass is 10.1. The summed E-state index contributed by atoms with van der Waals surface area (Å²) in [5.74, 6) is 0.804. The second kappa shape index (κ2) is 7.09. The SMILES string of the molecule is Cc1nc(-c2ccc(NC(=O)CCc3nc4ccccc4[nH]3)cc2)cs1. The van der Waals surface area contributed by atoms with Crippen LogP contribution in [-0.4, -0.2) is 20.9 Å². The van der Waals surface area contributed by atoms with E-state index in [1.54, 1.807) is 11.3 Å². The van der Waals surface area contributed by atoms with Crippen LogP contribution < -0.4 is 5.32 Å². The molecule has 0 fully saturated rings. The number of anilines is 1. The van der Waals surface area contributed by atoms with Gasteiger partial charge in [0.25, 0.3) is 0 Å². The minimum Gasteiger partial charge on any atom is -0.342 e. The number of imidazole rings is 1. The molecule has 2 aromatic heterocycles. The van der Waals surface area contributed by atoms with Crippen molar-refractivity contribution in [1.82, 2.24) is 15.0 Å². The van der Waals surface area contributed by atoms with Gasteiger partial charge in [0.05, 0.1) is 21.7 Å². The largest absolute Gasteiger partial charge is 0.342 e. The molecular formula is C20H18N4OS. The molecule has 6 heteroatoms. The molecule has 5 nitrogen and oxygen atoms in total. The molecule has 0 aliphatic rings. The molecule has 0 aliphatic carbocycles. The standard InChI is InChI=1S/C20H18N4OS/c1-13-21-18(12-26-13)14-6-8-15(9-7-14)22-20(25)11-10-19-23-16-4-2-3-5-17(16)24-19/h2-9,12H,10-11H2,1H3,(H,22,25)(H,23,24). The van der Waals surface area contributed by atoms with E-state index >= 15 is 0 Å². The molecule has 0 unspecified atom stereocenters. The summed E-state index contributed by atoms with van der Waals surface area (Å²) in [7, 11) is 0. The van der Waals surface area contributed by atoms with Crippen molar-refractivity contribution in [3.05, 3.63) is 64.7 Å². The zero-order chi connectivity index (χ0) is 17.9. The fourth-order valence-electron chi connectivity index (χ4n) is 2.80. The lowest BCUT2D eigenvalue weighted by Crippen LogP contribution is -2.12. The number of aromatic nitrogens is 3. The Morgan fingerprint density at radius 3 is 2.65 bits per heavy atom. The van der Waals surface area contributed by atoms with E-state index in [9.17, 15) is 4.79 Å². The summed E-state index contributed by atoms with van der Waals surface area (Å²) in [6.45, 7) is 1.99. The lowest BCUT2D eigenvalue weighted by Gasteiger charge is -2.05. The molecule has 0 aliphatic heterocycles. The first-order chi connectivity index (χ1) is 12.7. The molecule has 0 spiro atoms. The summed E-state index contributed by atoms with van der Waals surface area (Å²) in [5, 5.41) is 6.01. The van der Waals surface area contributed by atoms with E-state index in [2.05, 4.69) is 20.3 Å². The molecule has 0 radical (unpaired) electrons. The van der Waals surface area contributed by atoms with Gasteiger partial charge in [-0.15, -0.1) is 11.3 Å². The van der Waals surface area contributed by atoms with Crippen LogP contribution in [0, 0.1) is 6.92 Å². The highest BCUT2D eigenvalue weighted by molar-refractivity contribution is 7.09. The number of hydrogen-bond donors (Lipinski definition) is 2. The number of thiazole rings is 1. The van der Waals surface area contributed by atoms with Crippen LogP contribution in [0.3, 0.4) is 0 Å². The van der Waals surface area contributed by atoms with Crippen LogP contribution in [0.15, 0.2) is 53.9 Å². The van der Waals surface area contributed by atoms with Gasteiger partial charge in [-0.05, 0) is 31.2 Å². The smallest absolute Gasteiger partial charge is 0.224 e. The second-order valence-corrected chi connectivity index (χ2v) is 7.14. The summed E-state index contributed by atoms with van der Waals surface area (Å²) >= 11 is 1.63. The lowest BCUT2D eigenvalue weighted by molar-refractivity contribution is -0.116. The summed E-state index contributed by atoms with van der Waals surface area (Å²) in [4.78, 5) is 24.4. The van der Waals surface area contributed by atoms with Crippen LogP contribution in [0.2, 0.25) is 0 Å². The number of hydrogen-bond acceptors (Lipinski definition) is 4. The molecule has 4 rings (SSSR count). The van der Waals surface area contributed by atoms with Crippen LogP contribution in [0.4, 0.5) is 5.69 Å². The summed E-state index contributed by atoms with van der Waals surface area (Å²) < 4.78 is 0. The Hall–Kier alpha value is -2.99. The summed E-state index contributed by atoms with van der Waals surface area (Å²) in [5.41, 5.74) is 4.73. The van der Waals surface area contributed by atoms with E-state index in [1.165, 1.54) is 0 Å². The molecule has 0 bridgehead atoms. The van der Waals surface area contributed by atoms with Crippen molar-refractivity contribution in [2.45, 2.75) is 19.8 Å². The number of aromatic amines is 1. The highest BCUT2D eigenvalue weighted by atomic mass is 32.1. The molecular weight excluding hydrogens is 344 g/mol. The number of nitrogens with one attached hydrogen (secondary N) is 2. The summed E-state index contributed by atoms with van der Waals surface area (Å²) in [6.07, 6.45) is 0.962. The predicted molar refractivity (Wildman–Crippen MR) is 105 cm³/mol. The van der Waals surface area contributed by atoms with Crippen molar-refractivity contribution in [3.63, 3.8) is 0 Å². The third kappa shape index (κ3) is 3.65. The van der Waals surface area contributed by atoms with E-state index in [0.29, 0.717) is 12.8 Å². The van der Waals surface area contributed by atoms with Gasteiger partial charge in [-0.25, -0.2) is 9.97 Å². The number of fused-ring (bicyclic) bond motifs is 1. The molecule has 0 saturated heterocycles. The third-order valence-electron chi connectivity index (χ3n) is 4.11. The zero-order valence-corrected chi connectivity index (χ0v) is 15.1. The Bertz CT molecular complexity index is 1020. The van der Waals surface area contributed by atoms with Crippen LogP contribution >= 0.6 is 11.3 Å². The molecule has 2 N–H and O–H groups in total. The van der Waals surface area contributed by atoms with Crippen molar-refractivity contribution in [2.75, 3.05) is 5.32 Å². The zero-order valence-electron chi connectivity index (χ0n) is 14.3. The van der Waals surface area contributed by atoms with Gasteiger partial charge >= 0.3 is 0 Å². The van der Waals surface area contributed by atoms with Gasteiger partial charge in [-0.3, -0.25) is 4.79 Å². The number of rotatable bonds is 5. The third-order valence-corrected chi connectivity index (χ3v) is 4.88. The number of aryl methyl sites for hydroxylation is 2. The fourth-order valence-corrected chi connectivity index (χ4v) is 3.42. The fraction of sp³-hybridized carbons (Fsp3) is 0.150. The normalized spacial score (nSPS) is 11.0. The van der Waals surface area contributed by atoms with Crippen LogP contribution in [0.25, 0.3) is 22.3 Å². The number of H-pyrrole nitrogens is 1. The second-order valence-electron chi connectivity index (χ2n) is 6.08. The minimum atomic E-state index is -0.0253. The Labute approximate surface area is 155 Å². The molecule has 130 valence electrons. The highest BCUT2D eigenvalue weighted by Crippen LogP contribution is 2.23. The van der Waals surface area contributed by atoms with Crippen molar-refractivity contribution >= 4 is 34.0 Å². The minimum absolute atomic E-state index is 0.0253. The molecule has 0 saturated carbocycles. The van der Waals surface area contributed by atoms with Crippen molar-refractivity contribution in [3.8, 4) is 11.3 Å². The number of carbonyl (C=O) groups is 1. The van der Waals surface area contributed by atoms with Crippen LogP contribution in [0.5, 0.6) is 0 Å². The maximum Gasteiger partial charge on any atom is 0.224 e. The first-order valence-electron chi connectivity index (χ1n) is 8.43. The monoisotopic (exact) mass is 362 g/mol. The number of amides is 1. The van der Waals surface area contributed by atoms with E-state index in [0.717, 1.165) is 38.8 Å². The van der Waals surface area contributed by atoms with Crippen molar-refractivity contribution in [1.29, 1.82) is 0 Å².